The summed E-state index contributed by atoms with van der Waals surface area (Å²) in [6.07, 6.45) is -3.32. The zero-order valence-electron chi connectivity index (χ0n) is 19.7. The third-order valence-electron chi connectivity index (χ3n) is 5.15. The lowest BCUT2D eigenvalue weighted by Crippen LogP contribution is -2.26. The zero-order chi connectivity index (χ0) is 27.6. The lowest BCUT2D eigenvalue weighted by Gasteiger charge is -2.15. The van der Waals surface area contributed by atoms with Crippen LogP contribution in [0.5, 0.6) is 0 Å². The van der Waals surface area contributed by atoms with Crippen molar-refractivity contribution in [3.8, 4) is 5.82 Å². The number of aryl methyl sites for hydroxylation is 1. The smallest absolute Gasteiger partial charge is 0.352 e. The first kappa shape index (κ1) is 27.4. The molecule has 0 saturated carbocycles. The van der Waals surface area contributed by atoms with Crippen molar-refractivity contribution in [1.82, 2.24) is 40.3 Å². The van der Waals surface area contributed by atoms with Crippen molar-refractivity contribution in [3.05, 3.63) is 73.8 Å². The Morgan fingerprint density at radius 2 is 1.89 bits per heavy atom. The van der Waals surface area contributed by atoms with Gasteiger partial charge in [0.1, 0.15) is 5.69 Å². The fourth-order valence-electron chi connectivity index (χ4n) is 3.55. The van der Waals surface area contributed by atoms with Crippen molar-refractivity contribution in [2.45, 2.75) is 26.6 Å². The van der Waals surface area contributed by atoms with E-state index in [1.54, 1.807) is 38.1 Å². The van der Waals surface area contributed by atoms with Gasteiger partial charge in [0.15, 0.2) is 5.82 Å². The summed E-state index contributed by atoms with van der Waals surface area (Å²) < 4.78 is 42.7. The third kappa shape index (κ3) is 5.75. The Bertz CT molecular complexity index is 1520. The fraction of sp³-hybridized carbons (Fsp3) is 0.227. The second-order valence-electron chi connectivity index (χ2n) is 7.86. The van der Waals surface area contributed by atoms with Crippen LogP contribution in [0, 0.1) is 6.92 Å². The number of rotatable bonds is 7. The van der Waals surface area contributed by atoms with Gasteiger partial charge in [0, 0.05) is 17.2 Å². The van der Waals surface area contributed by atoms with E-state index in [0.717, 1.165) is 0 Å². The van der Waals surface area contributed by atoms with E-state index in [2.05, 4.69) is 68.1 Å². The maximum absolute atomic E-state index is 13.5. The summed E-state index contributed by atoms with van der Waals surface area (Å²) in [5.41, 5.74) is 1.09. The van der Waals surface area contributed by atoms with E-state index in [1.165, 1.54) is 16.9 Å². The molecule has 0 bridgehead atoms. The molecule has 0 spiro atoms. The van der Waals surface area contributed by atoms with Crippen LogP contribution >= 0.6 is 31.9 Å². The first-order valence-corrected chi connectivity index (χ1v) is 12.5. The Labute approximate surface area is 230 Å². The van der Waals surface area contributed by atoms with E-state index in [0.29, 0.717) is 25.7 Å². The Morgan fingerprint density at radius 1 is 1.13 bits per heavy atom. The minimum atomic E-state index is -4.79. The van der Waals surface area contributed by atoms with Crippen LogP contribution in [-0.2, 0) is 12.7 Å². The van der Waals surface area contributed by atoms with Gasteiger partial charge in [-0.25, -0.2) is 14.3 Å². The number of anilines is 1. The van der Waals surface area contributed by atoms with Gasteiger partial charge in [-0.1, -0.05) is 15.9 Å². The van der Waals surface area contributed by atoms with Crippen molar-refractivity contribution in [1.29, 1.82) is 0 Å². The summed E-state index contributed by atoms with van der Waals surface area (Å²) in [5, 5.41) is 19.3. The molecule has 0 aliphatic carbocycles. The molecule has 4 rings (SSSR count). The second kappa shape index (κ2) is 11.0. The largest absolute Gasteiger partial charge is 0.453 e. The molecule has 198 valence electrons. The highest BCUT2D eigenvalue weighted by molar-refractivity contribution is 9.10. The van der Waals surface area contributed by atoms with Gasteiger partial charge in [-0.2, -0.15) is 18.3 Å². The number of tetrazole rings is 1. The minimum Gasteiger partial charge on any atom is -0.352 e. The van der Waals surface area contributed by atoms with Gasteiger partial charge in [-0.05, 0) is 76.1 Å². The standard InChI is InChI=1S/C22H18Br2F3N9O2/c1-3-28-19(37)14-8-12(23)7-11(2)17(14)30-20(38)16-9-13(10-35-21(22(25,26)27)31-33-34-35)32-36(16)18-15(24)5-4-6-29-18/h4-9H,3,10H2,1-2H3,(H,28,37)(H,30,38). The highest BCUT2D eigenvalue weighted by Crippen LogP contribution is 2.29. The quantitative estimate of drug-likeness (QED) is 0.305. The van der Waals surface area contributed by atoms with Gasteiger partial charge in [-0.3, -0.25) is 9.59 Å². The van der Waals surface area contributed by atoms with Crippen LogP contribution in [0.3, 0.4) is 0 Å². The third-order valence-corrected chi connectivity index (χ3v) is 6.23. The summed E-state index contributed by atoms with van der Waals surface area (Å²) in [7, 11) is 0. The number of benzene rings is 1. The number of aromatic nitrogens is 7. The summed E-state index contributed by atoms with van der Waals surface area (Å²) >= 11 is 6.72. The van der Waals surface area contributed by atoms with E-state index in [9.17, 15) is 22.8 Å². The van der Waals surface area contributed by atoms with Gasteiger partial charge in [0.2, 0.25) is 0 Å². The monoisotopic (exact) mass is 655 g/mol. The molecule has 0 radical (unpaired) electrons. The molecular weight excluding hydrogens is 639 g/mol. The van der Waals surface area contributed by atoms with Crippen molar-refractivity contribution in [3.63, 3.8) is 0 Å². The molecular formula is C22H18Br2F3N9O2. The fourth-order valence-corrected chi connectivity index (χ4v) is 4.55. The molecule has 11 nitrogen and oxygen atoms in total. The molecule has 1 aromatic carbocycles. The number of alkyl halides is 3. The topological polar surface area (TPSA) is 133 Å². The summed E-state index contributed by atoms with van der Waals surface area (Å²) in [4.78, 5) is 30.5. The van der Waals surface area contributed by atoms with Crippen LogP contribution in [0.4, 0.5) is 18.9 Å². The van der Waals surface area contributed by atoms with Gasteiger partial charge < -0.3 is 10.6 Å². The van der Waals surface area contributed by atoms with Crippen molar-refractivity contribution < 1.29 is 22.8 Å². The first-order valence-electron chi connectivity index (χ1n) is 10.9. The van der Waals surface area contributed by atoms with Gasteiger partial charge in [-0.15, -0.1) is 5.10 Å². The van der Waals surface area contributed by atoms with Crippen molar-refractivity contribution >= 4 is 49.4 Å². The molecule has 3 aromatic heterocycles. The lowest BCUT2D eigenvalue weighted by atomic mass is 10.1. The number of halogens is 5. The molecule has 0 aliphatic rings. The number of nitrogens with one attached hydrogen (secondary N) is 2. The van der Waals surface area contributed by atoms with Crippen molar-refractivity contribution in [2.24, 2.45) is 0 Å². The molecule has 0 aliphatic heterocycles. The van der Waals surface area contributed by atoms with Crippen LogP contribution in [0.25, 0.3) is 5.82 Å². The number of hydrogen-bond donors (Lipinski definition) is 2. The van der Waals surface area contributed by atoms with Crippen LogP contribution in [-0.4, -0.2) is 53.3 Å². The Balaban J connectivity index is 1.77. The molecule has 0 fully saturated rings. The highest BCUT2D eigenvalue weighted by Gasteiger charge is 2.38. The average molecular weight is 657 g/mol. The van der Waals surface area contributed by atoms with Gasteiger partial charge >= 0.3 is 6.18 Å². The molecule has 2 N–H and O–H groups in total. The van der Waals surface area contributed by atoms with Crippen molar-refractivity contribution in [2.75, 3.05) is 11.9 Å². The predicted molar refractivity (Wildman–Crippen MR) is 136 cm³/mol. The minimum absolute atomic E-state index is 0.0507. The molecule has 38 heavy (non-hydrogen) atoms. The molecule has 0 saturated heterocycles. The zero-order valence-corrected chi connectivity index (χ0v) is 22.9. The molecule has 3 heterocycles. The van der Waals surface area contributed by atoms with Crippen LogP contribution < -0.4 is 10.6 Å². The van der Waals surface area contributed by atoms with Gasteiger partial charge in [0.05, 0.1) is 28.0 Å². The SMILES string of the molecule is CCNC(=O)c1cc(Br)cc(C)c1NC(=O)c1cc(Cn2nnnc2C(F)(F)F)nn1-c1ncccc1Br. The van der Waals surface area contributed by atoms with Gasteiger partial charge in [0.25, 0.3) is 17.6 Å². The maximum Gasteiger partial charge on any atom is 0.453 e. The highest BCUT2D eigenvalue weighted by atomic mass is 79.9. The summed E-state index contributed by atoms with van der Waals surface area (Å²) in [6.45, 7) is 3.39. The Morgan fingerprint density at radius 3 is 2.58 bits per heavy atom. The maximum atomic E-state index is 13.5. The predicted octanol–water partition coefficient (Wildman–Crippen LogP) is 4.16. The normalized spacial score (nSPS) is 11.4. The summed E-state index contributed by atoms with van der Waals surface area (Å²) in [6, 6.07) is 7.92. The van der Waals surface area contributed by atoms with Crippen LogP contribution in [0.2, 0.25) is 0 Å². The number of hydrogen-bond acceptors (Lipinski definition) is 7. The first-order chi connectivity index (χ1) is 18.0. The number of carbonyl (C=O) groups excluding carboxylic acids is 2. The van der Waals surface area contributed by atoms with E-state index >= 15 is 0 Å². The van der Waals surface area contributed by atoms with E-state index in [-0.39, 0.29) is 28.5 Å². The Kier molecular flexibility index (Phi) is 7.91. The lowest BCUT2D eigenvalue weighted by molar-refractivity contribution is -0.147. The molecule has 0 atom stereocenters. The number of nitrogens with zero attached hydrogens (tertiary/aromatic N) is 7. The van der Waals surface area contributed by atoms with E-state index in [1.807, 2.05) is 0 Å². The number of carbonyl (C=O) groups is 2. The molecule has 16 heteroatoms. The van der Waals surface area contributed by atoms with Crippen LogP contribution in [0.15, 0.2) is 45.5 Å². The number of pyridine rings is 1. The average Bonchev–Trinajstić information content (AvgIpc) is 3.48. The summed E-state index contributed by atoms with van der Waals surface area (Å²) in [5.74, 6) is -2.17. The Hall–Kier alpha value is -3.66. The van der Waals surface area contributed by atoms with E-state index < -0.39 is 30.4 Å². The molecule has 4 aromatic rings. The molecule has 2 amide bonds. The second-order valence-corrected chi connectivity index (χ2v) is 9.63. The molecule has 0 unspecified atom stereocenters. The number of amides is 2. The van der Waals surface area contributed by atoms with Crippen LogP contribution in [0.1, 0.15) is 44.9 Å². The van der Waals surface area contributed by atoms with E-state index in [4.69, 9.17) is 0 Å².